The van der Waals surface area contributed by atoms with Gasteiger partial charge in [-0.15, -0.1) is 0 Å². The molecule has 0 radical (unpaired) electrons. The molecule has 2 aliphatic heterocycles. The Balaban J connectivity index is 1.42. The number of hydrogen-bond donors (Lipinski definition) is 0. The summed E-state index contributed by atoms with van der Waals surface area (Å²) >= 11 is 1.65. The molecule has 126 valence electrons. The average Bonchev–Trinajstić information content (AvgIpc) is 2.67. The summed E-state index contributed by atoms with van der Waals surface area (Å²) in [4.78, 5) is 2.24. The SMILES string of the molecule is C1=CN2CCSN=C2C(c2ccc(OCC3CCCCC3)cc2)=C1. The Hall–Kier alpha value is -1.68. The number of fused-ring (bicyclic) bond motifs is 1. The zero-order valence-corrected chi connectivity index (χ0v) is 14.8. The fraction of sp³-hybridized carbons (Fsp3) is 0.450. The van der Waals surface area contributed by atoms with E-state index in [0.717, 1.165) is 36.4 Å². The zero-order chi connectivity index (χ0) is 16.2. The lowest BCUT2D eigenvalue weighted by Gasteiger charge is -2.29. The lowest BCUT2D eigenvalue weighted by molar-refractivity contribution is 0.209. The van der Waals surface area contributed by atoms with Gasteiger partial charge in [0.1, 0.15) is 11.6 Å². The standard InChI is InChI=1S/C20H24N2OS/c1-2-5-16(6-3-1)15-23-18-10-8-17(9-11-18)19-7-4-12-22-13-14-24-21-20(19)22/h4,7-12,16H,1-3,5-6,13-15H2. The first-order chi connectivity index (χ1) is 11.9. The molecule has 0 spiro atoms. The van der Waals surface area contributed by atoms with Crippen molar-refractivity contribution in [2.75, 3.05) is 18.9 Å². The highest BCUT2D eigenvalue weighted by atomic mass is 32.2. The van der Waals surface area contributed by atoms with E-state index < -0.39 is 0 Å². The zero-order valence-electron chi connectivity index (χ0n) is 14.0. The van der Waals surface area contributed by atoms with Crippen LogP contribution in [0.3, 0.4) is 0 Å². The minimum absolute atomic E-state index is 0.742. The van der Waals surface area contributed by atoms with Gasteiger partial charge >= 0.3 is 0 Å². The van der Waals surface area contributed by atoms with Crippen LogP contribution in [0.1, 0.15) is 37.7 Å². The van der Waals surface area contributed by atoms with Crippen molar-refractivity contribution in [1.82, 2.24) is 4.90 Å². The molecule has 0 bridgehead atoms. The van der Waals surface area contributed by atoms with E-state index in [0.29, 0.717) is 0 Å². The number of ether oxygens (including phenoxy) is 1. The van der Waals surface area contributed by atoms with Gasteiger partial charge in [-0.2, -0.15) is 4.40 Å². The van der Waals surface area contributed by atoms with E-state index in [1.54, 1.807) is 11.9 Å². The molecule has 24 heavy (non-hydrogen) atoms. The van der Waals surface area contributed by atoms with Crippen LogP contribution in [0.25, 0.3) is 5.57 Å². The van der Waals surface area contributed by atoms with Crippen LogP contribution in [0, 0.1) is 5.92 Å². The van der Waals surface area contributed by atoms with Crippen LogP contribution in [0.15, 0.2) is 47.0 Å². The van der Waals surface area contributed by atoms with Crippen LogP contribution >= 0.6 is 11.9 Å². The second-order valence-electron chi connectivity index (χ2n) is 6.70. The molecule has 1 saturated carbocycles. The Labute approximate surface area is 148 Å². The second kappa shape index (κ2) is 7.47. The van der Waals surface area contributed by atoms with E-state index in [1.165, 1.54) is 43.2 Å². The molecule has 0 amide bonds. The summed E-state index contributed by atoms with van der Waals surface area (Å²) < 4.78 is 10.7. The highest BCUT2D eigenvalue weighted by Crippen LogP contribution is 2.29. The maximum atomic E-state index is 6.02. The summed E-state index contributed by atoms with van der Waals surface area (Å²) in [6.07, 6.45) is 13.2. The summed E-state index contributed by atoms with van der Waals surface area (Å²) in [5, 5.41) is 0. The summed E-state index contributed by atoms with van der Waals surface area (Å²) in [7, 11) is 0. The van der Waals surface area contributed by atoms with Crippen LogP contribution in [-0.4, -0.2) is 29.6 Å². The molecule has 1 aliphatic carbocycles. The van der Waals surface area contributed by atoms with Gasteiger partial charge in [-0.3, -0.25) is 0 Å². The predicted molar refractivity (Wildman–Crippen MR) is 102 cm³/mol. The summed E-state index contributed by atoms with van der Waals surface area (Å²) in [5.74, 6) is 3.85. The first-order valence-electron chi connectivity index (χ1n) is 8.99. The van der Waals surface area contributed by atoms with Crippen molar-refractivity contribution in [1.29, 1.82) is 0 Å². The van der Waals surface area contributed by atoms with Crippen LogP contribution in [-0.2, 0) is 0 Å². The second-order valence-corrected chi connectivity index (χ2v) is 7.55. The molecule has 0 unspecified atom stereocenters. The third-order valence-electron chi connectivity index (χ3n) is 4.99. The Bertz CT molecular complexity index is 657. The number of nitrogens with zero attached hydrogens (tertiary/aromatic N) is 2. The lowest BCUT2D eigenvalue weighted by Crippen LogP contribution is -2.32. The van der Waals surface area contributed by atoms with E-state index >= 15 is 0 Å². The van der Waals surface area contributed by atoms with Crippen molar-refractivity contribution >= 4 is 23.4 Å². The summed E-state index contributed by atoms with van der Waals surface area (Å²) in [5.41, 5.74) is 2.40. The molecular formula is C20H24N2OS. The van der Waals surface area contributed by atoms with Gasteiger partial charge in [-0.05, 0) is 60.6 Å². The molecule has 0 aromatic heterocycles. The van der Waals surface area contributed by atoms with Gasteiger partial charge in [0.15, 0.2) is 0 Å². The third-order valence-corrected chi connectivity index (χ3v) is 5.66. The third kappa shape index (κ3) is 3.54. The highest BCUT2D eigenvalue weighted by Gasteiger charge is 2.21. The maximum absolute atomic E-state index is 6.02. The smallest absolute Gasteiger partial charge is 0.148 e. The number of allylic oxidation sites excluding steroid dienone is 2. The van der Waals surface area contributed by atoms with Gasteiger partial charge < -0.3 is 9.64 Å². The number of hydrogen-bond acceptors (Lipinski definition) is 4. The van der Waals surface area contributed by atoms with Crippen molar-refractivity contribution in [2.45, 2.75) is 32.1 Å². The first kappa shape index (κ1) is 15.8. The molecule has 4 heteroatoms. The predicted octanol–water partition coefficient (Wildman–Crippen LogP) is 4.92. The van der Waals surface area contributed by atoms with Crippen LogP contribution < -0.4 is 4.74 Å². The highest BCUT2D eigenvalue weighted by molar-refractivity contribution is 7.98. The molecule has 3 aliphatic rings. The van der Waals surface area contributed by atoms with Crippen molar-refractivity contribution in [3.63, 3.8) is 0 Å². The molecule has 0 N–H and O–H groups in total. The van der Waals surface area contributed by atoms with Crippen LogP contribution in [0.4, 0.5) is 0 Å². The topological polar surface area (TPSA) is 24.8 Å². The normalized spacial score (nSPS) is 21.1. The number of benzene rings is 1. The van der Waals surface area contributed by atoms with Gasteiger partial charge in [0.2, 0.25) is 0 Å². The molecule has 4 rings (SSSR count). The van der Waals surface area contributed by atoms with E-state index in [-0.39, 0.29) is 0 Å². The van der Waals surface area contributed by atoms with Crippen molar-refractivity contribution in [2.24, 2.45) is 10.3 Å². The van der Waals surface area contributed by atoms with E-state index in [2.05, 4.69) is 51.9 Å². The first-order valence-corrected chi connectivity index (χ1v) is 9.93. The Morgan fingerprint density at radius 3 is 2.79 bits per heavy atom. The number of rotatable bonds is 4. The molecule has 1 aromatic rings. The van der Waals surface area contributed by atoms with Gasteiger partial charge in [0.05, 0.1) is 6.61 Å². The Morgan fingerprint density at radius 2 is 1.96 bits per heavy atom. The summed E-state index contributed by atoms with van der Waals surface area (Å²) in [6, 6.07) is 8.50. The largest absolute Gasteiger partial charge is 0.493 e. The van der Waals surface area contributed by atoms with Crippen molar-refractivity contribution in [3.05, 3.63) is 48.2 Å². The monoisotopic (exact) mass is 340 g/mol. The van der Waals surface area contributed by atoms with Crippen LogP contribution in [0.5, 0.6) is 5.75 Å². The fourth-order valence-corrected chi connectivity index (χ4v) is 4.29. The molecule has 1 aromatic carbocycles. The molecular weight excluding hydrogens is 316 g/mol. The van der Waals surface area contributed by atoms with Gasteiger partial charge in [0, 0.05) is 24.1 Å². The Morgan fingerprint density at radius 1 is 1.12 bits per heavy atom. The maximum Gasteiger partial charge on any atom is 0.148 e. The van der Waals surface area contributed by atoms with Crippen molar-refractivity contribution < 1.29 is 4.74 Å². The molecule has 0 saturated heterocycles. The van der Waals surface area contributed by atoms with E-state index in [4.69, 9.17) is 4.74 Å². The van der Waals surface area contributed by atoms with Gasteiger partial charge in [0.25, 0.3) is 0 Å². The molecule has 2 heterocycles. The minimum atomic E-state index is 0.742. The molecule has 3 nitrogen and oxygen atoms in total. The summed E-state index contributed by atoms with van der Waals surface area (Å²) in [6.45, 7) is 1.89. The van der Waals surface area contributed by atoms with Gasteiger partial charge in [-0.25, -0.2) is 0 Å². The fourth-order valence-electron chi connectivity index (χ4n) is 3.59. The average molecular weight is 340 g/mol. The van der Waals surface area contributed by atoms with Crippen LogP contribution in [0.2, 0.25) is 0 Å². The number of amidine groups is 1. The quantitative estimate of drug-likeness (QED) is 0.727. The molecule has 1 fully saturated rings. The van der Waals surface area contributed by atoms with E-state index in [1.807, 2.05) is 0 Å². The Kier molecular flexibility index (Phi) is 4.93. The minimum Gasteiger partial charge on any atom is -0.493 e. The van der Waals surface area contributed by atoms with Gasteiger partial charge in [-0.1, -0.05) is 31.4 Å². The lowest BCUT2D eigenvalue weighted by atomic mass is 9.90. The molecule has 0 atom stereocenters. The van der Waals surface area contributed by atoms with E-state index in [9.17, 15) is 0 Å². The van der Waals surface area contributed by atoms with Crippen molar-refractivity contribution in [3.8, 4) is 5.75 Å².